The van der Waals surface area contributed by atoms with Gasteiger partial charge < -0.3 is 23.5 Å². The molecule has 2 heterocycles. The van der Waals surface area contributed by atoms with Crippen molar-refractivity contribution in [3.05, 3.63) is 18.2 Å². The van der Waals surface area contributed by atoms with Gasteiger partial charge in [-0.05, 0) is 71.3 Å². The predicted octanol–water partition coefficient (Wildman–Crippen LogP) is 13.5. The zero-order chi connectivity index (χ0) is 47.0. The largest absolute Gasteiger partial charge is 0.466 e. The Morgan fingerprint density at radius 2 is 1.06 bits per heavy atom. The van der Waals surface area contributed by atoms with E-state index >= 15 is 0 Å². The minimum atomic E-state index is -0.470. The minimum Gasteiger partial charge on any atom is -0.466 e. The fraction of sp³-hybridized carbons (Fsp3) is 0.870. The molecule has 1 fully saturated rings. The molecule has 376 valence electrons. The molecule has 0 spiro atoms. The van der Waals surface area contributed by atoms with Crippen LogP contribution in [0.25, 0.3) is 0 Å². The number of esters is 4. The van der Waals surface area contributed by atoms with Crippen molar-refractivity contribution in [3.8, 4) is 0 Å². The highest BCUT2D eigenvalue weighted by Crippen LogP contribution is 2.24. The van der Waals surface area contributed by atoms with E-state index in [1.807, 2.05) is 17.7 Å². The van der Waals surface area contributed by atoms with E-state index in [2.05, 4.69) is 30.7 Å². The number of carbonyl (C=O) groups excluding carboxylic acids is 4. The second-order valence-corrected chi connectivity index (χ2v) is 19.0. The average Bonchev–Trinajstić information content (AvgIpc) is 3.90. The molecule has 65 heavy (non-hydrogen) atoms. The van der Waals surface area contributed by atoms with Gasteiger partial charge in [-0.2, -0.15) is 0 Å². The first-order valence-electron chi connectivity index (χ1n) is 27.2. The van der Waals surface area contributed by atoms with Gasteiger partial charge in [0.1, 0.15) is 24.1 Å². The first-order valence-corrected chi connectivity index (χ1v) is 27.2. The maximum atomic E-state index is 13.4. The van der Waals surface area contributed by atoms with Crippen LogP contribution < -0.4 is 0 Å². The molecular formula is C54H97N3O8. The van der Waals surface area contributed by atoms with Crippen molar-refractivity contribution in [2.75, 3.05) is 26.3 Å². The van der Waals surface area contributed by atoms with Gasteiger partial charge in [-0.25, -0.2) is 4.98 Å². The monoisotopic (exact) mass is 916 g/mol. The van der Waals surface area contributed by atoms with Crippen molar-refractivity contribution in [2.45, 2.75) is 277 Å². The number of unbranched alkanes of at least 4 members (excludes halogenated alkanes) is 24. The molecule has 2 rings (SSSR count). The molecule has 0 amide bonds. The lowest BCUT2D eigenvalue weighted by Crippen LogP contribution is -2.38. The molecule has 11 nitrogen and oxygen atoms in total. The van der Waals surface area contributed by atoms with Crippen LogP contribution >= 0.6 is 0 Å². The number of aromatic nitrogens is 2. The summed E-state index contributed by atoms with van der Waals surface area (Å²) in [5.74, 6) is 0.111. The Morgan fingerprint density at radius 1 is 0.569 bits per heavy atom. The molecule has 2 atom stereocenters. The maximum Gasteiger partial charge on any atom is 0.323 e. The van der Waals surface area contributed by atoms with Gasteiger partial charge in [0.05, 0.1) is 19.6 Å². The SMILES string of the molecule is CCCCCCCCCCCOC(=O)CCCCCN1CC(OC(=O)CCn2ccnc2C)CC1C(=O)OCCCCCCCC(=O)OC(CCCCCCCC)CCCCCCCC. The number of rotatable bonds is 44. The molecule has 0 saturated carbocycles. The highest BCUT2D eigenvalue weighted by molar-refractivity contribution is 5.76. The van der Waals surface area contributed by atoms with Crippen LogP contribution in [0.5, 0.6) is 0 Å². The summed E-state index contributed by atoms with van der Waals surface area (Å²) in [5, 5.41) is 0. The molecule has 1 aromatic rings. The van der Waals surface area contributed by atoms with Crippen molar-refractivity contribution in [1.29, 1.82) is 0 Å². The summed E-state index contributed by atoms with van der Waals surface area (Å²) in [7, 11) is 0. The van der Waals surface area contributed by atoms with E-state index in [1.165, 1.54) is 109 Å². The average molecular weight is 916 g/mol. The molecule has 0 N–H and O–H groups in total. The number of carbonyl (C=O) groups is 4. The number of hydrogen-bond acceptors (Lipinski definition) is 10. The summed E-state index contributed by atoms with van der Waals surface area (Å²) in [6.07, 6.45) is 39.7. The van der Waals surface area contributed by atoms with Gasteiger partial charge in [0.25, 0.3) is 0 Å². The van der Waals surface area contributed by atoms with Crippen LogP contribution in [0, 0.1) is 6.92 Å². The second kappa shape index (κ2) is 40.1. The van der Waals surface area contributed by atoms with Crippen LogP contribution in [0.15, 0.2) is 12.4 Å². The number of imidazole rings is 1. The third-order valence-electron chi connectivity index (χ3n) is 13.1. The zero-order valence-corrected chi connectivity index (χ0v) is 42.3. The molecule has 1 aromatic heterocycles. The molecular weight excluding hydrogens is 819 g/mol. The molecule has 0 radical (unpaired) electrons. The van der Waals surface area contributed by atoms with Gasteiger partial charge in [-0.1, -0.05) is 162 Å². The Morgan fingerprint density at radius 3 is 1.62 bits per heavy atom. The smallest absolute Gasteiger partial charge is 0.323 e. The highest BCUT2D eigenvalue weighted by Gasteiger charge is 2.39. The summed E-state index contributed by atoms with van der Waals surface area (Å²) >= 11 is 0. The number of aryl methyl sites for hydroxylation is 2. The quantitative estimate of drug-likeness (QED) is 0.0355. The van der Waals surface area contributed by atoms with Crippen LogP contribution in [0.2, 0.25) is 0 Å². The summed E-state index contributed by atoms with van der Waals surface area (Å²) < 4.78 is 25.1. The Bertz CT molecular complexity index is 1320. The minimum absolute atomic E-state index is 0.0543. The fourth-order valence-corrected chi connectivity index (χ4v) is 8.95. The van der Waals surface area contributed by atoms with Crippen molar-refractivity contribution >= 4 is 23.9 Å². The Balaban J connectivity index is 1.69. The van der Waals surface area contributed by atoms with Gasteiger partial charge >= 0.3 is 23.9 Å². The van der Waals surface area contributed by atoms with E-state index in [-0.39, 0.29) is 42.5 Å². The van der Waals surface area contributed by atoms with E-state index in [0.717, 1.165) is 95.7 Å². The summed E-state index contributed by atoms with van der Waals surface area (Å²) in [6.45, 7) is 11.1. The van der Waals surface area contributed by atoms with Crippen molar-refractivity contribution in [2.24, 2.45) is 0 Å². The summed E-state index contributed by atoms with van der Waals surface area (Å²) in [6, 6.07) is -0.470. The van der Waals surface area contributed by atoms with Gasteiger partial charge in [0, 0.05) is 44.7 Å². The molecule has 1 saturated heterocycles. The number of likely N-dealkylation sites (tertiary alicyclic amines) is 1. The third-order valence-corrected chi connectivity index (χ3v) is 13.1. The third kappa shape index (κ3) is 30.9. The van der Waals surface area contributed by atoms with E-state index in [9.17, 15) is 19.2 Å². The van der Waals surface area contributed by atoms with Crippen molar-refractivity contribution in [1.82, 2.24) is 14.5 Å². The van der Waals surface area contributed by atoms with Crippen LogP contribution in [0.4, 0.5) is 0 Å². The van der Waals surface area contributed by atoms with Gasteiger partial charge in [-0.15, -0.1) is 0 Å². The normalized spacial score (nSPS) is 15.2. The van der Waals surface area contributed by atoms with Crippen LogP contribution in [-0.2, 0) is 44.7 Å². The van der Waals surface area contributed by atoms with Crippen LogP contribution in [-0.4, -0.2) is 82.9 Å². The van der Waals surface area contributed by atoms with E-state index < -0.39 is 6.04 Å². The standard InChI is InChI=1S/C54H97N3O8/c1-5-8-11-14-17-18-19-24-32-43-62-51(58)36-30-26-31-40-57-46-49(65-53(60)38-41-56-42-39-55-47(56)4)45-50(57)54(61)63-44-33-25-20-23-29-37-52(59)64-48(34-27-21-15-12-9-6-2)35-28-22-16-13-10-7-3/h39,42,48-50H,5-38,40-41,43-46H2,1-4H3. The molecule has 0 bridgehead atoms. The molecule has 11 heteroatoms. The lowest BCUT2D eigenvalue weighted by molar-refractivity contribution is -0.151. The first kappa shape index (κ1) is 58.2. The molecule has 1 aliphatic rings. The lowest BCUT2D eigenvalue weighted by atomic mass is 10.0. The topological polar surface area (TPSA) is 126 Å². The van der Waals surface area contributed by atoms with Crippen LogP contribution in [0.3, 0.4) is 0 Å². The van der Waals surface area contributed by atoms with Crippen molar-refractivity contribution in [3.63, 3.8) is 0 Å². The highest BCUT2D eigenvalue weighted by atomic mass is 16.6. The Kier molecular flexibility index (Phi) is 35.9. The number of hydrogen-bond donors (Lipinski definition) is 0. The molecule has 1 aliphatic heterocycles. The van der Waals surface area contributed by atoms with Gasteiger partial charge in [0.15, 0.2) is 0 Å². The Hall–Kier alpha value is -2.95. The summed E-state index contributed by atoms with van der Waals surface area (Å²) in [5.41, 5.74) is 0. The van der Waals surface area contributed by atoms with E-state index in [0.29, 0.717) is 52.1 Å². The maximum absolute atomic E-state index is 13.4. The predicted molar refractivity (Wildman–Crippen MR) is 263 cm³/mol. The fourth-order valence-electron chi connectivity index (χ4n) is 8.95. The zero-order valence-electron chi connectivity index (χ0n) is 42.3. The van der Waals surface area contributed by atoms with E-state index in [1.54, 1.807) is 6.20 Å². The molecule has 2 unspecified atom stereocenters. The molecule has 0 aromatic carbocycles. The van der Waals surface area contributed by atoms with Crippen LogP contribution in [0.1, 0.15) is 251 Å². The first-order chi connectivity index (χ1) is 31.8. The van der Waals surface area contributed by atoms with E-state index in [4.69, 9.17) is 18.9 Å². The number of ether oxygens (including phenoxy) is 4. The number of nitrogens with zero attached hydrogens (tertiary/aromatic N) is 3. The second-order valence-electron chi connectivity index (χ2n) is 19.0. The molecule has 0 aliphatic carbocycles. The van der Waals surface area contributed by atoms with Crippen molar-refractivity contribution < 1.29 is 38.1 Å². The van der Waals surface area contributed by atoms with Gasteiger partial charge in [0.2, 0.25) is 0 Å². The summed E-state index contributed by atoms with van der Waals surface area (Å²) in [4.78, 5) is 57.8. The lowest BCUT2D eigenvalue weighted by Gasteiger charge is -2.22. The van der Waals surface area contributed by atoms with Gasteiger partial charge in [-0.3, -0.25) is 24.1 Å². The Labute approximate surface area is 397 Å².